The minimum Gasteiger partial charge on any atom is -0.508 e. The van der Waals surface area contributed by atoms with Gasteiger partial charge in [-0.2, -0.15) is 8.42 Å². The van der Waals surface area contributed by atoms with Gasteiger partial charge in [0.05, 0.1) is 47.9 Å². The summed E-state index contributed by atoms with van der Waals surface area (Å²) in [5.74, 6) is 4.91. The van der Waals surface area contributed by atoms with Crippen LogP contribution in [0.5, 0.6) is 23.0 Å². The lowest BCUT2D eigenvalue weighted by Crippen LogP contribution is -2.20. The van der Waals surface area contributed by atoms with E-state index in [9.17, 15) is 31.4 Å². The van der Waals surface area contributed by atoms with Crippen LogP contribution in [0.1, 0.15) is 137 Å². The summed E-state index contributed by atoms with van der Waals surface area (Å²) in [6.45, 7) is 4.90. The highest BCUT2D eigenvalue weighted by molar-refractivity contribution is 7.86. The van der Waals surface area contributed by atoms with E-state index in [2.05, 4.69) is 12.1 Å². The number of aliphatic hydroxyl groups excluding tert-OH is 2. The molecule has 4 saturated carbocycles. The molecule has 75 heavy (non-hydrogen) atoms. The first kappa shape index (κ1) is 63.4. The van der Waals surface area contributed by atoms with E-state index in [1.54, 1.807) is 44.6 Å². The summed E-state index contributed by atoms with van der Waals surface area (Å²) in [5.41, 5.74) is 3.71. The molecule has 0 amide bonds. The Hall–Kier alpha value is -4.11. The van der Waals surface area contributed by atoms with Crippen molar-refractivity contribution in [3.8, 4) is 23.0 Å². The second-order valence-corrected chi connectivity index (χ2v) is 25.0. The number of hydrogen-bond acceptors (Lipinski definition) is 13. The summed E-state index contributed by atoms with van der Waals surface area (Å²) in [4.78, 5) is 0. The lowest BCUT2D eigenvalue weighted by molar-refractivity contribution is 0.199. The predicted octanol–water partition coefficient (Wildman–Crippen LogP) is 13.4. The van der Waals surface area contributed by atoms with Crippen molar-refractivity contribution in [2.75, 3.05) is 62.1 Å². The molecule has 8 rings (SSSR count). The number of ether oxygens (including phenoxy) is 3. The maximum atomic E-state index is 14.3. The van der Waals surface area contributed by atoms with E-state index in [4.69, 9.17) is 37.7 Å². The smallest absolute Gasteiger partial charge is 0.508 e. The van der Waals surface area contributed by atoms with Crippen LogP contribution in [0.25, 0.3) is 0 Å². The number of phenols is 1. The van der Waals surface area contributed by atoms with Gasteiger partial charge >= 0.3 is 16.1 Å². The molecule has 3 N–H and O–H groups in total. The summed E-state index contributed by atoms with van der Waals surface area (Å²) in [7, 11) is 1.50. The second kappa shape index (κ2) is 31.9. The molecule has 4 aromatic carbocycles. The topological polar surface area (TPSA) is 184 Å². The maximum Gasteiger partial charge on any atom is 0.511 e. The fourth-order valence-corrected chi connectivity index (χ4v) is 13.0. The van der Waals surface area contributed by atoms with Crippen molar-refractivity contribution in [3.05, 3.63) is 119 Å². The van der Waals surface area contributed by atoms with Gasteiger partial charge in [0.2, 0.25) is 0 Å². The van der Waals surface area contributed by atoms with Crippen LogP contribution in [-0.4, -0.2) is 97.2 Å². The Kier molecular flexibility index (Phi) is 27.0. The fourth-order valence-electron chi connectivity index (χ4n) is 10.6. The van der Waals surface area contributed by atoms with Crippen LogP contribution in [0.4, 0.5) is 8.78 Å². The third-order valence-corrected chi connectivity index (χ3v) is 18.1. The summed E-state index contributed by atoms with van der Waals surface area (Å²) in [6, 6.07) is 25.4. The average Bonchev–Trinajstić information content (AvgIpc) is 4.39. The average molecular weight is 1110 g/mol. The lowest BCUT2D eigenvalue weighted by atomic mass is 9.79. The highest BCUT2D eigenvalue weighted by atomic mass is 32.2. The predicted molar refractivity (Wildman–Crippen MR) is 292 cm³/mol. The van der Waals surface area contributed by atoms with Crippen LogP contribution in [0.3, 0.4) is 0 Å². The highest BCUT2D eigenvalue weighted by Gasteiger charge is 2.46. The Morgan fingerprint density at radius 1 is 0.560 bits per heavy atom. The molecule has 4 aromatic rings. The highest BCUT2D eigenvalue weighted by Crippen LogP contribution is 2.52. The van der Waals surface area contributed by atoms with Crippen molar-refractivity contribution in [3.63, 3.8) is 0 Å². The maximum absolute atomic E-state index is 14.3. The number of hydrogen-bond donors (Lipinski definition) is 3. The molecule has 0 spiro atoms. The van der Waals surface area contributed by atoms with E-state index < -0.39 is 26.2 Å². The van der Waals surface area contributed by atoms with Crippen LogP contribution in [0.2, 0.25) is 0 Å². The third kappa shape index (κ3) is 20.0. The third-order valence-electron chi connectivity index (χ3n) is 14.8. The Morgan fingerprint density at radius 3 is 1.36 bits per heavy atom. The first-order chi connectivity index (χ1) is 36.0. The Bertz CT molecular complexity index is 2480. The molecule has 0 radical (unpaired) electrons. The zero-order chi connectivity index (χ0) is 55.2. The Morgan fingerprint density at radius 2 is 0.973 bits per heavy atom. The molecule has 0 heterocycles. The Labute approximate surface area is 446 Å². The summed E-state index contributed by atoms with van der Waals surface area (Å²) >= 11 is 0. The molecule has 0 aromatic heterocycles. The Balaban J connectivity index is 0.000000250. The minimum absolute atomic E-state index is 0.00991. The van der Waals surface area contributed by atoms with Gasteiger partial charge in [0.1, 0.15) is 34.6 Å². The van der Waals surface area contributed by atoms with E-state index >= 15 is 0 Å². The molecule has 18 heteroatoms. The van der Waals surface area contributed by atoms with Crippen LogP contribution in [0.15, 0.2) is 84.9 Å². The van der Waals surface area contributed by atoms with Gasteiger partial charge in [-0.25, -0.2) is 8.78 Å². The van der Waals surface area contributed by atoms with Crippen LogP contribution < -0.4 is 14.2 Å². The molecule has 4 aliphatic carbocycles. The molecule has 4 aliphatic rings. The number of phenolic OH excluding ortho intramolecular Hbond substituents is 1. The van der Waals surface area contributed by atoms with Gasteiger partial charge in [-0.3, -0.25) is 4.18 Å². The van der Waals surface area contributed by atoms with Crippen molar-refractivity contribution in [2.45, 2.75) is 126 Å². The molecule has 6 atom stereocenters. The number of aliphatic hydroxyl groups is 2. The van der Waals surface area contributed by atoms with Gasteiger partial charge in [-0.05, 0) is 218 Å². The molecule has 13 nitrogen and oxygen atoms in total. The monoisotopic (exact) mass is 1110 g/mol. The molecular weight excluding hydrogens is 1020 g/mol. The summed E-state index contributed by atoms with van der Waals surface area (Å²) in [6.07, 6.45) is 13.1. The lowest BCUT2D eigenvalue weighted by Gasteiger charge is -2.29. The van der Waals surface area contributed by atoms with Crippen molar-refractivity contribution in [1.29, 1.82) is 0 Å². The van der Waals surface area contributed by atoms with Crippen LogP contribution in [0, 0.1) is 35.3 Å². The van der Waals surface area contributed by atoms with E-state index in [0.29, 0.717) is 41.4 Å². The molecule has 0 saturated heterocycles. The van der Waals surface area contributed by atoms with E-state index in [0.717, 1.165) is 88.7 Å². The number of methoxy groups -OCH3 is 2. The van der Waals surface area contributed by atoms with Crippen molar-refractivity contribution < 1.29 is 69.1 Å². The molecular formula is C57H82F2O13P2S+2. The van der Waals surface area contributed by atoms with Gasteiger partial charge in [0.25, 0.3) is 10.1 Å². The minimum atomic E-state index is -3.38. The first-order valence-corrected chi connectivity index (χ1v) is 30.3. The van der Waals surface area contributed by atoms with Crippen LogP contribution in [-0.2, 0) is 32.5 Å². The van der Waals surface area contributed by atoms with Crippen molar-refractivity contribution in [2.24, 2.45) is 23.7 Å². The van der Waals surface area contributed by atoms with Gasteiger partial charge < -0.3 is 29.5 Å². The zero-order valence-electron chi connectivity index (χ0n) is 45.2. The zero-order valence-corrected chi connectivity index (χ0v) is 47.8. The molecule has 416 valence electrons. The standard InChI is InChI=1S/C27H35FO4P.C15H21FO4S.C13H17O3P.2CH4O/c1-18(33(29)31-3)27(21-11-12-21)22-5-4-6-24(15-22)32-17-19-7-9-20(10-8-19)25-16-23(30-2)13-14-26(25)28;1-19-13-7-8-15(16)14(9-13)12-5-3-11(4-6-12)10-20-21(2,17)18;1-9(17(15)16-2)13(10-6-7-10)11-4-3-5-12(14)8-11;2*1-2/h4-6,13-16,18-21,27H,7-12,17H2,1-3H3;7-9,11-12H,3-6,10H2,1-2H3;3-5,8-10,13H,6-7H2,1-2H3;2*2H,1H3/q+1;;;;/p+1. The normalized spacial score (nSPS) is 21.2. The summed E-state index contributed by atoms with van der Waals surface area (Å²) in [5, 5.41) is 23.5. The largest absolute Gasteiger partial charge is 0.511 e. The number of halogens is 2. The molecule has 4 fully saturated rings. The number of rotatable bonds is 20. The van der Waals surface area contributed by atoms with E-state index in [1.165, 1.54) is 57.6 Å². The first-order valence-electron chi connectivity index (χ1n) is 26.0. The van der Waals surface area contributed by atoms with Gasteiger partial charge in [0.15, 0.2) is 11.3 Å². The fraction of sp³-hybridized carbons (Fsp3) is 0.579. The van der Waals surface area contributed by atoms with Gasteiger partial charge in [0, 0.05) is 26.1 Å². The van der Waals surface area contributed by atoms with Crippen molar-refractivity contribution in [1.82, 2.24) is 0 Å². The number of aromatic hydroxyl groups is 1. The molecule has 0 bridgehead atoms. The second-order valence-electron chi connectivity index (χ2n) is 19.8. The number of benzene rings is 4. The summed E-state index contributed by atoms with van der Waals surface area (Å²) < 4.78 is 106. The van der Waals surface area contributed by atoms with Gasteiger partial charge in [-0.15, -0.1) is 9.05 Å². The SMILES string of the molecule is CO.CO.CO[P+](=O)C(C)C(c1cccc(O)c1)C1CC1.COc1ccc(F)c(C2CCC(COS(C)(=O)=O)CC2)c1.COc1ccc(F)c(C2CCC(COc3cccc(C(C4CC4)C(C)[P+](=O)OC)c3)CC2)c1. The van der Waals surface area contributed by atoms with Gasteiger partial charge in [-0.1, -0.05) is 24.3 Å². The quantitative estimate of drug-likeness (QED) is 0.0562. The van der Waals surface area contributed by atoms with Crippen molar-refractivity contribution >= 4 is 26.2 Å². The van der Waals surface area contributed by atoms with E-state index in [1.807, 2.05) is 44.2 Å². The van der Waals surface area contributed by atoms with E-state index in [-0.39, 0.29) is 64.9 Å². The molecule has 0 aliphatic heterocycles. The van der Waals surface area contributed by atoms with Crippen LogP contribution >= 0.6 is 16.1 Å². The molecule has 6 unspecified atom stereocenters.